The van der Waals surface area contributed by atoms with E-state index in [1.165, 1.54) is 4.31 Å². The normalized spacial score (nSPS) is 24.1. The summed E-state index contributed by atoms with van der Waals surface area (Å²) in [5, 5.41) is 11.6. The summed E-state index contributed by atoms with van der Waals surface area (Å²) in [5.74, 6) is 0.165. The topological polar surface area (TPSA) is 69.6 Å². The monoisotopic (exact) mass is 208 g/mol. The Kier molecular flexibility index (Phi) is 4.11. The molecule has 0 aromatic carbocycles. The quantitative estimate of drug-likeness (QED) is 0.599. The van der Waals surface area contributed by atoms with Crippen molar-refractivity contribution in [3.63, 3.8) is 0 Å². The summed E-state index contributed by atoms with van der Waals surface area (Å²) in [5.41, 5.74) is 0. The second-order valence-corrected chi connectivity index (χ2v) is 5.13. The maximum absolute atomic E-state index is 11.5. The third kappa shape index (κ3) is 3.22. The molecule has 0 bridgehead atoms. The van der Waals surface area contributed by atoms with Crippen LogP contribution in [0, 0.1) is 0 Å². The van der Waals surface area contributed by atoms with Gasteiger partial charge in [-0.25, -0.2) is 12.7 Å². The molecule has 0 unspecified atom stereocenters. The molecule has 1 heterocycles. The lowest BCUT2D eigenvalue weighted by molar-refractivity contribution is 0.270. The molecule has 5 nitrogen and oxygen atoms in total. The van der Waals surface area contributed by atoms with Crippen LogP contribution in [0.15, 0.2) is 0 Å². The molecule has 1 rings (SSSR count). The molecule has 0 aromatic heterocycles. The fraction of sp³-hybridized carbons (Fsp3) is 1.00. The number of hydrogen-bond donors (Lipinski definition) is 2. The van der Waals surface area contributed by atoms with E-state index in [2.05, 4.69) is 5.32 Å². The van der Waals surface area contributed by atoms with Crippen LogP contribution in [0.2, 0.25) is 0 Å². The molecule has 0 aliphatic carbocycles. The lowest BCUT2D eigenvalue weighted by Gasteiger charge is -2.18. The van der Waals surface area contributed by atoms with Crippen LogP contribution in [-0.2, 0) is 10.0 Å². The summed E-state index contributed by atoms with van der Waals surface area (Å²) >= 11 is 0. The van der Waals surface area contributed by atoms with E-state index in [-0.39, 0.29) is 12.4 Å². The molecule has 0 spiro atoms. The van der Waals surface area contributed by atoms with E-state index in [0.717, 1.165) is 0 Å². The minimum Gasteiger partial charge on any atom is -0.396 e. The van der Waals surface area contributed by atoms with Crippen molar-refractivity contribution < 1.29 is 13.5 Å². The zero-order valence-electron chi connectivity index (χ0n) is 7.57. The first-order valence-electron chi connectivity index (χ1n) is 4.46. The molecule has 13 heavy (non-hydrogen) atoms. The first-order valence-corrected chi connectivity index (χ1v) is 6.07. The third-order valence-electron chi connectivity index (χ3n) is 2.03. The summed E-state index contributed by atoms with van der Waals surface area (Å²) in [4.78, 5) is 0. The number of aliphatic hydroxyl groups excluding tert-OH is 1. The number of rotatable bonds is 3. The fourth-order valence-corrected chi connectivity index (χ4v) is 2.73. The molecular weight excluding hydrogens is 192 g/mol. The Morgan fingerprint density at radius 3 is 2.85 bits per heavy atom. The highest BCUT2D eigenvalue weighted by Crippen LogP contribution is 2.04. The first-order chi connectivity index (χ1) is 6.17. The van der Waals surface area contributed by atoms with Crippen LogP contribution in [0.1, 0.15) is 6.42 Å². The van der Waals surface area contributed by atoms with Crippen molar-refractivity contribution in [2.75, 3.05) is 38.5 Å². The summed E-state index contributed by atoms with van der Waals surface area (Å²) < 4.78 is 24.5. The van der Waals surface area contributed by atoms with Gasteiger partial charge < -0.3 is 10.4 Å². The van der Waals surface area contributed by atoms with Crippen LogP contribution in [0.4, 0.5) is 0 Å². The van der Waals surface area contributed by atoms with Gasteiger partial charge >= 0.3 is 0 Å². The van der Waals surface area contributed by atoms with Crippen molar-refractivity contribution in [2.24, 2.45) is 0 Å². The zero-order valence-corrected chi connectivity index (χ0v) is 8.39. The summed E-state index contributed by atoms with van der Waals surface area (Å²) in [6, 6.07) is 0. The Bertz CT molecular complexity index is 240. The lowest BCUT2D eigenvalue weighted by Crippen LogP contribution is -2.34. The summed E-state index contributed by atoms with van der Waals surface area (Å²) in [7, 11) is -3.07. The van der Waals surface area contributed by atoms with Crippen molar-refractivity contribution in [3.8, 4) is 0 Å². The Morgan fingerprint density at radius 2 is 2.15 bits per heavy atom. The molecule has 1 aliphatic heterocycles. The lowest BCUT2D eigenvalue weighted by atomic mass is 10.4. The van der Waals surface area contributed by atoms with Gasteiger partial charge in [0, 0.05) is 32.8 Å². The van der Waals surface area contributed by atoms with E-state index >= 15 is 0 Å². The first kappa shape index (κ1) is 10.9. The van der Waals surface area contributed by atoms with Gasteiger partial charge in [0.05, 0.1) is 5.75 Å². The van der Waals surface area contributed by atoms with Gasteiger partial charge in [-0.1, -0.05) is 0 Å². The highest BCUT2D eigenvalue weighted by Gasteiger charge is 2.22. The standard InChI is InChI=1S/C7H16N2O3S/c10-6-1-4-9-5-2-8-3-7-13(9,11)12/h8,10H,1-7H2. The molecule has 1 aliphatic rings. The van der Waals surface area contributed by atoms with Crippen molar-refractivity contribution in [1.29, 1.82) is 0 Å². The Morgan fingerprint density at radius 1 is 1.38 bits per heavy atom. The highest BCUT2D eigenvalue weighted by molar-refractivity contribution is 7.89. The molecule has 0 atom stereocenters. The maximum Gasteiger partial charge on any atom is 0.215 e. The number of sulfonamides is 1. The summed E-state index contributed by atoms with van der Waals surface area (Å²) in [6.45, 7) is 2.21. The second-order valence-electron chi connectivity index (χ2n) is 3.04. The van der Waals surface area contributed by atoms with Gasteiger partial charge in [-0.2, -0.15) is 0 Å². The number of nitrogens with zero attached hydrogens (tertiary/aromatic N) is 1. The van der Waals surface area contributed by atoms with Crippen LogP contribution in [0.5, 0.6) is 0 Å². The van der Waals surface area contributed by atoms with Crippen LogP contribution in [0.3, 0.4) is 0 Å². The Balaban J connectivity index is 2.56. The molecule has 0 amide bonds. The predicted molar refractivity (Wildman–Crippen MR) is 49.9 cm³/mol. The highest BCUT2D eigenvalue weighted by atomic mass is 32.2. The van der Waals surface area contributed by atoms with Crippen molar-refractivity contribution in [2.45, 2.75) is 6.42 Å². The van der Waals surface area contributed by atoms with E-state index in [1.807, 2.05) is 0 Å². The van der Waals surface area contributed by atoms with Gasteiger partial charge in [0.1, 0.15) is 0 Å². The number of aliphatic hydroxyl groups is 1. The van der Waals surface area contributed by atoms with Crippen molar-refractivity contribution in [1.82, 2.24) is 9.62 Å². The van der Waals surface area contributed by atoms with Gasteiger partial charge in [-0.05, 0) is 6.42 Å². The third-order valence-corrected chi connectivity index (χ3v) is 3.91. The summed E-state index contributed by atoms with van der Waals surface area (Å²) in [6.07, 6.45) is 0.513. The van der Waals surface area contributed by atoms with Crippen LogP contribution < -0.4 is 5.32 Å². The van der Waals surface area contributed by atoms with E-state index in [4.69, 9.17) is 5.11 Å². The van der Waals surface area contributed by atoms with Crippen molar-refractivity contribution in [3.05, 3.63) is 0 Å². The molecule has 0 radical (unpaired) electrons. The van der Waals surface area contributed by atoms with Gasteiger partial charge in [-0.3, -0.25) is 0 Å². The van der Waals surface area contributed by atoms with Gasteiger partial charge in [0.25, 0.3) is 0 Å². The molecule has 1 saturated heterocycles. The molecule has 0 saturated carbocycles. The molecule has 78 valence electrons. The number of hydrogen-bond acceptors (Lipinski definition) is 4. The zero-order chi connectivity index (χ0) is 9.73. The maximum atomic E-state index is 11.5. The fourth-order valence-electron chi connectivity index (χ4n) is 1.30. The van der Waals surface area contributed by atoms with Crippen molar-refractivity contribution >= 4 is 10.0 Å². The van der Waals surface area contributed by atoms with E-state index in [1.54, 1.807) is 0 Å². The average Bonchev–Trinajstić information content (AvgIpc) is 2.23. The molecular formula is C7H16N2O3S. The van der Waals surface area contributed by atoms with Crippen LogP contribution in [-0.4, -0.2) is 56.4 Å². The minimum atomic E-state index is -3.07. The smallest absolute Gasteiger partial charge is 0.215 e. The molecule has 6 heteroatoms. The second kappa shape index (κ2) is 4.90. The largest absolute Gasteiger partial charge is 0.396 e. The van der Waals surface area contributed by atoms with E-state index < -0.39 is 10.0 Å². The average molecular weight is 208 g/mol. The molecule has 2 N–H and O–H groups in total. The van der Waals surface area contributed by atoms with Gasteiger partial charge in [0.15, 0.2) is 0 Å². The van der Waals surface area contributed by atoms with Crippen LogP contribution in [0.25, 0.3) is 0 Å². The number of nitrogens with one attached hydrogen (secondary N) is 1. The van der Waals surface area contributed by atoms with E-state index in [9.17, 15) is 8.42 Å². The SMILES string of the molecule is O=S1(=O)CCNCCN1CCCO. The van der Waals surface area contributed by atoms with Gasteiger partial charge in [0.2, 0.25) is 10.0 Å². The minimum absolute atomic E-state index is 0.0411. The van der Waals surface area contributed by atoms with Crippen LogP contribution >= 0.6 is 0 Å². The Hall–Kier alpha value is -0.170. The Labute approximate surface area is 78.8 Å². The predicted octanol–water partition coefficient (Wildman–Crippen LogP) is -1.40. The molecule has 0 aromatic rings. The van der Waals surface area contributed by atoms with E-state index in [0.29, 0.717) is 32.6 Å². The van der Waals surface area contributed by atoms with Gasteiger partial charge in [-0.15, -0.1) is 0 Å². The molecule has 1 fully saturated rings.